The molecule has 0 aliphatic heterocycles. The zero-order valence-electron chi connectivity index (χ0n) is 10.9. The highest BCUT2D eigenvalue weighted by Crippen LogP contribution is 2.22. The predicted molar refractivity (Wildman–Crippen MR) is 68.7 cm³/mol. The quantitative estimate of drug-likeness (QED) is 0.662. The lowest BCUT2D eigenvalue weighted by molar-refractivity contribution is 0.195. The Hall–Kier alpha value is -0.120. The molecule has 1 fully saturated rings. The van der Waals surface area contributed by atoms with E-state index in [2.05, 4.69) is 24.2 Å². The van der Waals surface area contributed by atoms with Gasteiger partial charge in [-0.3, -0.25) is 0 Å². The Bertz CT molecular complexity index is 169. The lowest BCUT2D eigenvalue weighted by Gasteiger charge is -2.26. The minimum absolute atomic E-state index is 0.262. The Morgan fingerprint density at radius 1 is 1.38 bits per heavy atom. The van der Waals surface area contributed by atoms with Crippen LogP contribution in [0.2, 0.25) is 0 Å². The topological polar surface area (TPSA) is 35.5 Å². The first-order valence-electron chi connectivity index (χ1n) is 6.82. The van der Waals surface area contributed by atoms with E-state index in [4.69, 9.17) is 0 Å². The van der Waals surface area contributed by atoms with Gasteiger partial charge in [0.2, 0.25) is 0 Å². The first-order valence-corrected chi connectivity index (χ1v) is 6.82. The number of aliphatic hydroxyl groups is 1. The van der Waals surface area contributed by atoms with Crippen molar-refractivity contribution in [3.63, 3.8) is 0 Å². The molecular formula is C13H28N2O. The van der Waals surface area contributed by atoms with Crippen LogP contribution in [0.25, 0.3) is 0 Å². The van der Waals surface area contributed by atoms with Crippen LogP contribution in [-0.4, -0.2) is 48.8 Å². The van der Waals surface area contributed by atoms with Crippen molar-refractivity contribution in [3.05, 3.63) is 0 Å². The van der Waals surface area contributed by atoms with Crippen LogP contribution in [0.15, 0.2) is 0 Å². The molecule has 0 saturated heterocycles. The molecule has 1 aliphatic carbocycles. The van der Waals surface area contributed by atoms with E-state index in [9.17, 15) is 5.11 Å². The van der Waals surface area contributed by atoms with Crippen LogP contribution >= 0.6 is 0 Å². The second-order valence-corrected chi connectivity index (χ2v) is 5.04. The maximum absolute atomic E-state index is 9.25. The van der Waals surface area contributed by atoms with Gasteiger partial charge < -0.3 is 15.3 Å². The summed E-state index contributed by atoms with van der Waals surface area (Å²) in [7, 11) is 2.23. The lowest BCUT2D eigenvalue weighted by Crippen LogP contribution is -2.38. The fraction of sp³-hybridized carbons (Fsp3) is 1.00. The second kappa shape index (κ2) is 8.04. The van der Waals surface area contributed by atoms with Gasteiger partial charge in [-0.25, -0.2) is 0 Å². The van der Waals surface area contributed by atoms with Gasteiger partial charge in [-0.1, -0.05) is 19.8 Å². The van der Waals surface area contributed by atoms with Crippen molar-refractivity contribution in [2.45, 2.75) is 57.5 Å². The first kappa shape index (κ1) is 13.9. The molecule has 0 heterocycles. The summed E-state index contributed by atoms with van der Waals surface area (Å²) < 4.78 is 0. The molecule has 0 spiro atoms. The van der Waals surface area contributed by atoms with Crippen LogP contribution in [0.1, 0.15) is 45.4 Å². The summed E-state index contributed by atoms with van der Waals surface area (Å²) in [5.41, 5.74) is 0. The maximum Gasteiger partial charge on any atom is 0.0585 e. The van der Waals surface area contributed by atoms with Gasteiger partial charge in [0.1, 0.15) is 0 Å². The SMILES string of the molecule is CCCNC(CO)CCN(C)C1CCCC1. The molecule has 0 amide bonds. The maximum atomic E-state index is 9.25. The zero-order chi connectivity index (χ0) is 11.8. The van der Waals surface area contributed by atoms with E-state index in [0.29, 0.717) is 0 Å². The van der Waals surface area contributed by atoms with E-state index in [1.54, 1.807) is 0 Å². The third-order valence-electron chi connectivity index (χ3n) is 3.68. The summed E-state index contributed by atoms with van der Waals surface area (Å²) in [6.07, 6.45) is 7.71. The number of aliphatic hydroxyl groups excluding tert-OH is 1. The molecule has 1 saturated carbocycles. The summed E-state index contributed by atoms with van der Waals surface area (Å²) in [5.74, 6) is 0. The minimum Gasteiger partial charge on any atom is -0.395 e. The van der Waals surface area contributed by atoms with Crippen molar-refractivity contribution in [2.24, 2.45) is 0 Å². The summed E-state index contributed by atoms with van der Waals surface area (Å²) in [4.78, 5) is 2.48. The average Bonchev–Trinajstić information content (AvgIpc) is 2.82. The molecule has 96 valence electrons. The van der Waals surface area contributed by atoms with Gasteiger partial charge in [0.05, 0.1) is 6.61 Å². The van der Waals surface area contributed by atoms with Crippen LogP contribution in [0, 0.1) is 0 Å². The standard InChI is InChI=1S/C13H28N2O/c1-3-9-14-12(11-16)8-10-15(2)13-6-4-5-7-13/h12-14,16H,3-11H2,1-2H3. The Morgan fingerprint density at radius 2 is 2.06 bits per heavy atom. The number of nitrogens with one attached hydrogen (secondary N) is 1. The van der Waals surface area contributed by atoms with Crippen LogP contribution in [0.3, 0.4) is 0 Å². The normalized spacial score (nSPS) is 19.5. The molecule has 1 aliphatic rings. The first-order chi connectivity index (χ1) is 7.77. The van der Waals surface area contributed by atoms with E-state index >= 15 is 0 Å². The van der Waals surface area contributed by atoms with Gasteiger partial charge in [-0.2, -0.15) is 0 Å². The number of hydrogen-bond donors (Lipinski definition) is 2. The zero-order valence-corrected chi connectivity index (χ0v) is 10.9. The van der Waals surface area contributed by atoms with Gasteiger partial charge in [0.25, 0.3) is 0 Å². The van der Waals surface area contributed by atoms with Crippen LogP contribution in [-0.2, 0) is 0 Å². The van der Waals surface area contributed by atoms with E-state index in [-0.39, 0.29) is 12.6 Å². The van der Waals surface area contributed by atoms with Crippen LogP contribution < -0.4 is 5.32 Å². The smallest absolute Gasteiger partial charge is 0.0585 e. The summed E-state index contributed by atoms with van der Waals surface area (Å²) >= 11 is 0. The van der Waals surface area contributed by atoms with E-state index in [1.165, 1.54) is 25.7 Å². The van der Waals surface area contributed by atoms with Gasteiger partial charge >= 0.3 is 0 Å². The fourth-order valence-electron chi connectivity index (χ4n) is 2.49. The molecule has 1 atom stereocenters. The number of nitrogens with zero attached hydrogens (tertiary/aromatic N) is 1. The van der Waals surface area contributed by atoms with Crippen molar-refractivity contribution in [2.75, 3.05) is 26.7 Å². The molecule has 0 aromatic carbocycles. The number of hydrogen-bond acceptors (Lipinski definition) is 3. The highest BCUT2D eigenvalue weighted by Gasteiger charge is 2.19. The molecule has 0 aromatic heterocycles. The highest BCUT2D eigenvalue weighted by molar-refractivity contribution is 4.76. The van der Waals surface area contributed by atoms with E-state index in [1.807, 2.05) is 0 Å². The van der Waals surface area contributed by atoms with Crippen molar-refractivity contribution in [1.82, 2.24) is 10.2 Å². The van der Waals surface area contributed by atoms with Crippen LogP contribution in [0.4, 0.5) is 0 Å². The molecule has 3 nitrogen and oxygen atoms in total. The predicted octanol–water partition coefficient (Wildman–Crippen LogP) is 1.61. The van der Waals surface area contributed by atoms with Gasteiger partial charge in [0.15, 0.2) is 0 Å². The highest BCUT2D eigenvalue weighted by atomic mass is 16.3. The van der Waals surface area contributed by atoms with Crippen molar-refractivity contribution in [1.29, 1.82) is 0 Å². The van der Waals surface area contributed by atoms with Crippen molar-refractivity contribution in [3.8, 4) is 0 Å². The van der Waals surface area contributed by atoms with Gasteiger partial charge in [-0.05, 0) is 45.8 Å². The largest absolute Gasteiger partial charge is 0.395 e. The van der Waals surface area contributed by atoms with E-state index in [0.717, 1.165) is 32.0 Å². The molecule has 1 unspecified atom stereocenters. The molecule has 0 radical (unpaired) electrons. The fourth-order valence-corrected chi connectivity index (χ4v) is 2.49. The Labute approximate surface area is 100 Å². The molecule has 1 rings (SSSR count). The lowest BCUT2D eigenvalue weighted by atomic mass is 10.1. The Morgan fingerprint density at radius 3 is 2.62 bits per heavy atom. The van der Waals surface area contributed by atoms with Gasteiger partial charge in [-0.15, -0.1) is 0 Å². The van der Waals surface area contributed by atoms with Gasteiger partial charge in [0, 0.05) is 12.1 Å². The third-order valence-corrected chi connectivity index (χ3v) is 3.68. The Kier molecular flexibility index (Phi) is 7.01. The van der Waals surface area contributed by atoms with E-state index < -0.39 is 0 Å². The molecular weight excluding hydrogens is 200 g/mol. The Balaban J connectivity index is 2.14. The third kappa shape index (κ3) is 4.81. The summed E-state index contributed by atoms with van der Waals surface area (Å²) in [5, 5.41) is 12.6. The second-order valence-electron chi connectivity index (χ2n) is 5.04. The average molecular weight is 228 g/mol. The molecule has 0 aromatic rings. The molecule has 2 N–H and O–H groups in total. The molecule has 16 heavy (non-hydrogen) atoms. The monoisotopic (exact) mass is 228 g/mol. The molecule has 3 heteroatoms. The van der Waals surface area contributed by atoms with Crippen molar-refractivity contribution < 1.29 is 5.11 Å². The van der Waals surface area contributed by atoms with Crippen molar-refractivity contribution >= 4 is 0 Å². The summed E-state index contributed by atoms with van der Waals surface area (Å²) in [6.45, 7) is 4.54. The molecule has 0 bridgehead atoms. The number of rotatable bonds is 8. The summed E-state index contributed by atoms with van der Waals surface area (Å²) in [6, 6.07) is 1.08. The minimum atomic E-state index is 0.262. The van der Waals surface area contributed by atoms with Crippen LogP contribution in [0.5, 0.6) is 0 Å².